The number of hydrogen-bond donors (Lipinski definition) is 3. The molecule has 48 heavy (non-hydrogen) atoms. The fourth-order valence-electron chi connectivity index (χ4n) is 5.19. The van der Waals surface area contributed by atoms with Crippen molar-refractivity contribution in [2.75, 3.05) is 34.0 Å². The molecule has 12 heteroatoms. The zero-order valence-electron chi connectivity index (χ0n) is 28.0. The van der Waals surface area contributed by atoms with Crippen LogP contribution in [0.2, 0.25) is 0 Å². The Balaban J connectivity index is 1.62. The zero-order chi connectivity index (χ0) is 34.7. The maximum Gasteiger partial charge on any atom is 0.306 e. The van der Waals surface area contributed by atoms with Gasteiger partial charge in [0, 0.05) is 36.0 Å². The van der Waals surface area contributed by atoms with Gasteiger partial charge in [-0.1, -0.05) is 34.1 Å². The lowest BCUT2D eigenvalue weighted by molar-refractivity contribution is -0.155. The van der Waals surface area contributed by atoms with Crippen LogP contribution in [0.4, 0.5) is 0 Å². The third-order valence-corrected chi connectivity index (χ3v) is 8.05. The number of methoxy groups -OCH3 is 2. The first-order valence-electron chi connectivity index (χ1n) is 15.8. The van der Waals surface area contributed by atoms with Gasteiger partial charge in [0.25, 0.3) is 5.91 Å². The Bertz CT molecular complexity index is 1560. The van der Waals surface area contributed by atoms with E-state index in [0.717, 1.165) is 10.0 Å². The molecular formula is C36H44BrN3O8. The van der Waals surface area contributed by atoms with Gasteiger partial charge >= 0.3 is 5.97 Å². The van der Waals surface area contributed by atoms with Crippen molar-refractivity contribution >= 4 is 33.7 Å². The molecular weight excluding hydrogens is 682 g/mol. The molecule has 11 nitrogen and oxygen atoms in total. The fourth-order valence-corrected chi connectivity index (χ4v) is 5.45. The fraction of sp³-hybridized carbons (Fsp3) is 0.417. The zero-order valence-corrected chi connectivity index (χ0v) is 29.6. The maximum absolute atomic E-state index is 14.3. The number of aliphatic hydroxyl groups is 1. The van der Waals surface area contributed by atoms with Crippen molar-refractivity contribution < 1.29 is 38.4 Å². The lowest BCUT2D eigenvalue weighted by atomic mass is 9.83. The smallest absolute Gasteiger partial charge is 0.306 e. The van der Waals surface area contributed by atoms with Crippen LogP contribution in [0.5, 0.6) is 17.2 Å². The van der Waals surface area contributed by atoms with Gasteiger partial charge in [-0.05, 0) is 93.3 Å². The molecule has 0 unspecified atom stereocenters. The maximum atomic E-state index is 14.3. The van der Waals surface area contributed by atoms with Crippen LogP contribution in [0.15, 0.2) is 76.2 Å². The summed E-state index contributed by atoms with van der Waals surface area (Å²) in [6.45, 7) is 6.22. The van der Waals surface area contributed by atoms with Gasteiger partial charge in [0.15, 0.2) is 23.1 Å². The number of nitrogens with zero attached hydrogens (tertiary/aromatic N) is 1. The molecule has 0 radical (unpaired) electrons. The highest BCUT2D eigenvalue weighted by Gasteiger charge is 2.53. The number of halogens is 1. The topological polar surface area (TPSA) is 137 Å². The number of hydrogen-bond acceptors (Lipinski definition) is 10. The largest absolute Gasteiger partial charge is 0.494 e. The number of aliphatic hydroxyl groups excluding tert-OH is 1. The van der Waals surface area contributed by atoms with Crippen molar-refractivity contribution in [2.45, 2.75) is 63.7 Å². The molecule has 4 rings (SSSR count). The van der Waals surface area contributed by atoms with Gasteiger partial charge in [0.1, 0.15) is 11.4 Å². The molecule has 2 atom stereocenters. The van der Waals surface area contributed by atoms with E-state index in [1.165, 1.54) is 0 Å². The summed E-state index contributed by atoms with van der Waals surface area (Å²) >= 11 is 3.48. The summed E-state index contributed by atoms with van der Waals surface area (Å²) in [5.41, 5.74) is 6.01. The molecule has 0 saturated carbocycles. The van der Waals surface area contributed by atoms with Gasteiger partial charge in [-0.3, -0.25) is 15.0 Å². The van der Waals surface area contributed by atoms with Crippen molar-refractivity contribution in [3.8, 4) is 17.2 Å². The van der Waals surface area contributed by atoms with Gasteiger partial charge in [-0.2, -0.15) is 0 Å². The van der Waals surface area contributed by atoms with E-state index in [9.17, 15) is 9.59 Å². The van der Waals surface area contributed by atoms with Crippen molar-refractivity contribution in [1.29, 1.82) is 0 Å². The number of hydrazine groups is 1. The van der Waals surface area contributed by atoms with Crippen LogP contribution in [0, 0.1) is 0 Å². The summed E-state index contributed by atoms with van der Waals surface area (Å²) in [6.07, 6.45) is 0.207. The quantitative estimate of drug-likeness (QED) is 0.0998. The molecule has 3 N–H and O–H groups in total. The number of benzene rings is 3. The molecule has 0 aliphatic carbocycles. The predicted molar refractivity (Wildman–Crippen MR) is 185 cm³/mol. The average molecular weight is 727 g/mol. The monoisotopic (exact) mass is 725 g/mol. The number of aliphatic imine (C=N–C) groups is 1. The molecule has 1 amide bonds. The number of carbonyl (C=O) groups excluding carboxylic acids is 2. The molecule has 0 fully saturated rings. The van der Waals surface area contributed by atoms with Gasteiger partial charge in [-0.25, -0.2) is 10.4 Å². The standard InChI is InChI=1S/C36H44BrN3O8/c1-35(2,3)48-31(42)17-19-36(34(43)40-38-20-18-24-7-16-29(44-4)30(23-24)45-5)32(25-8-12-27(37)13-9-25)47-33(39-36)26-10-14-28(15-11-26)46-22-6-21-41/h7-16,23,32,38,41H,6,17-22H2,1-5H3,(H,40,43)/t32-,36-/m0/s1. The highest BCUT2D eigenvalue weighted by atomic mass is 79.9. The summed E-state index contributed by atoms with van der Waals surface area (Å²) in [4.78, 5) is 32.2. The summed E-state index contributed by atoms with van der Waals surface area (Å²) in [5.74, 6) is 1.24. The van der Waals surface area contributed by atoms with Crippen molar-refractivity contribution in [3.63, 3.8) is 0 Å². The second-order valence-corrected chi connectivity index (χ2v) is 13.2. The predicted octanol–water partition coefficient (Wildman–Crippen LogP) is 5.47. The van der Waals surface area contributed by atoms with Gasteiger partial charge in [-0.15, -0.1) is 0 Å². The van der Waals surface area contributed by atoms with Crippen LogP contribution in [-0.2, 0) is 25.5 Å². The minimum Gasteiger partial charge on any atom is -0.494 e. The van der Waals surface area contributed by atoms with E-state index in [0.29, 0.717) is 54.4 Å². The SMILES string of the molecule is COc1ccc(CCNNC(=O)[C@@]2(CCC(=O)OC(C)(C)C)N=C(c3ccc(OCCCO)cc3)O[C@H]2c2ccc(Br)cc2)cc1OC. The number of nitrogens with one attached hydrogen (secondary N) is 2. The minimum absolute atomic E-state index is 0.0255. The normalized spacial score (nSPS) is 17.2. The molecule has 1 aliphatic rings. The third kappa shape index (κ3) is 9.71. The Kier molecular flexibility index (Phi) is 12.9. The highest BCUT2D eigenvalue weighted by molar-refractivity contribution is 9.10. The van der Waals surface area contributed by atoms with Crippen LogP contribution in [0.1, 0.15) is 62.8 Å². The number of esters is 1. The second kappa shape index (κ2) is 16.8. The molecule has 1 aliphatic heterocycles. The van der Waals surface area contributed by atoms with Crippen LogP contribution >= 0.6 is 15.9 Å². The highest BCUT2D eigenvalue weighted by Crippen LogP contribution is 2.43. The average Bonchev–Trinajstić information content (AvgIpc) is 3.46. The number of amides is 1. The molecule has 3 aromatic carbocycles. The van der Waals surface area contributed by atoms with E-state index in [2.05, 4.69) is 26.8 Å². The Morgan fingerprint density at radius 3 is 2.35 bits per heavy atom. The number of carbonyl (C=O) groups is 2. The third-order valence-electron chi connectivity index (χ3n) is 7.52. The lowest BCUT2D eigenvalue weighted by Crippen LogP contribution is -2.53. The summed E-state index contributed by atoms with van der Waals surface area (Å²) in [6, 6.07) is 20.3. The van der Waals surface area contributed by atoms with E-state index >= 15 is 0 Å². The van der Waals surface area contributed by atoms with Crippen LogP contribution in [0.25, 0.3) is 0 Å². The minimum atomic E-state index is -1.52. The van der Waals surface area contributed by atoms with Crippen LogP contribution in [-0.4, -0.2) is 68.0 Å². The summed E-state index contributed by atoms with van der Waals surface area (Å²) in [5, 5.41) is 9.06. The van der Waals surface area contributed by atoms with E-state index in [4.69, 9.17) is 33.8 Å². The Hall–Kier alpha value is -4.13. The molecule has 0 aromatic heterocycles. The van der Waals surface area contributed by atoms with Gasteiger partial charge in [0.2, 0.25) is 5.90 Å². The van der Waals surface area contributed by atoms with E-state index in [-0.39, 0.29) is 25.3 Å². The summed E-state index contributed by atoms with van der Waals surface area (Å²) in [7, 11) is 3.17. The van der Waals surface area contributed by atoms with Crippen molar-refractivity contribution in [1.82, 2.24) is 10.9 Å². The lowest BCUT2D eigenvalue weighted by Gasteiger charge is -2.31. The van der Waals surface area contributed by atoms with E-state index < -0.39 is 29.1 Å². The Morgan fingerprint density at radius 1 is 1.00 bits per heavy atom. The van der Waals surface area contributed by atoms with Crippen molar-refractivity contribution in [3.05, 3.63) is 87.9 Å². The first-order valence-corrected chi connectivity index (χ1v) is 16.6. The number of ether oxygens (including phenoxy) is 5. The van der Waals surface area contributed by atoms with Gasteiger partial charge < -0.3 is 28.8 Å². The molecule has 1 heterocycles. The first-order chi connectivity index (χ1) is 23.0. The molecule has 3 aromatic rings. The van der Waals surface area contributed by atoms with Gasteiger partial charge in [0.05, 0.1) is 20.8 Å². The van der Waals surface area contributed by atoms with Crippen LogP contribution in [0.3, 0.4) is 0 Å². The second-order valence-electron chi connectivity index (χ2n) is 12.2. The molecule has 0 spiro atoms. The molecule has 0 bridgehead atoms. The van der Waals surface area contributed by atoms with Crippen LogP contribution < -0.4 is 25.1 Å². The Labute approximate surface area is 290 Å². The van der Waals surface area contributed by atoms with Crippen molar-refractivity contribution in [2.24, 2.45) is 4.99 Å². The van der Waals surface area contributed by atoms with E-state index in [1.807, 2.05) is 42.5 Å². The number of rotatable bonds is 16. The Morgan fingerprint density at radius 2 is 1.71 bits per heavy atom. The first kappa shape index (κ1) is 36.7. The molecule has 0 saturated heterocycles. The van der Waals surface area contributed by atoms with E-state index in [1.54, 1.807) is 59.3 Å². The molecule has 258 valence electrons. The summed E-state index contributed by atoms with van der Waals surface area (Å²) < 4.78 is 29.4.